The van der Waals surface area contributed by atoms with Gasteiger partial charge in [-0.1, -0.05) is 13.0 Å². The molecule has 1 atom stereocenters. The second kappa shape index (κ2) is 7.51. The molecule has 1 aliphatic carbocycles. The number of hydrogen-bond acceptors (Lipinski definition) is 3. The zero-order valence-electron chi connectivity index (χ0n) is 11.9. The molecule has 0 radical (unpaired) electrons. The standard InChI is InChI=1S/C16H25NO2/c1-2-15(17)12-18-9-4-10-19-16-8-7-13-5-3-6-14(13)11-16/h7-8,11,15H,2-6,9-10,12,17H2,1H3. The van der Waals surface area contributed by atoms with Gasteiger partial charge in [-0.3, -0.25) is 0 Å². The topological polar surface area (TPSA) is 44.5 Å². The summed E-state index contributed by atoms with van der Waals surface area (Å²) < 4.78 is 11.2. The van der Waals surface area contributed by atoms with Crippen LogP contribution in [0.25, 0.3) is 0 Å². The number of benzene rings is 1. The van der Waals surface area contributed by atoms with Gasteiger partial charge in [-0.2, -0.15) is 0 Å². The maximum atomic E-state index is 5.77. The lowest BCUT2D eigenvalue weighted by Crippen LogP contribution is -2.25. The maximum Gasteiger partial charge on any atom is 0.119 e. The first-order valence-corrected chi connectivity index (χ1v) is 7.37. The van der Waals surface area contributed by atoms with Crippen LogP contribution in [0.4, 0.5) is 0 Å². The lowest BCUT2D eigenvalue weighted by atomic mass is 10.1. The molecule has 1 aromatic rings. The molecule has 0 amide bonds. The highest BCUT2D eigenvalue weighted by Gasteiger charge is 2.10. The van der Waals surface area contributed by atoms with Gasteiger partial charge in [0, 0.05) is 19.1 Å². The quantitative estimate of drug-likeness (QED) is 0.733. The van der Waals surface area contributed by atoms with E-state index >= 15 is 0 Å². The van der Waals surface area contributed by atoms with Crippen molar-refractivity contribution in [2.45, 2.75) is 45.1 Å². The third-order valence-corrected chi connectivity index (χ3v) is 3.63. The summed E-state index contributed by atoms with van der Waals surface area (Å²) in [5.74, 6) is 0.992. The van der Waals surface area contributed by atoms with E-state index in [1.165, 1.54) is 30.4 Å². The van der Waals surface area contributed by atoms with Crippen molar-refractivity contribution in [3.63, 3.8) is 0 Å². The highest BCUT2D eigenvalue weighted by Crippen LogP contribution is 2.25. The summed E-state index contributed by atoms with van der Waals surface area (Å²) in [5, 5.41) is 0. The zero-order chi connectivity index (χ0) is 13.5. The van der Waals surface area contributed by atoms with Gasteiger partial charge in [-0.25, -0.2) is 0 Å². The molecule has 0 heterocycles. The summed E-state index contributed by atoms with van der Waals surface area (Å²) in [6.07, 6.45) is 5.58. The van der Waals surface area contributed by atoms with Gasteiger partial charge in [0.25, 0.3) is 0 Å². The Balaban J connectivity index is 1.61. The van der Waals surface area contributed by atoms with E-state index in [1.807, 2.05) is 0 Å². The minimum atomic E-state index is 0.164. The Hall–Kier alpha value is -1.06. The van der Waals surface area contributed by atoms with Gasteiger partial charge >= 0.3 is 0 Å². The Kier molecular flexibility index (Phi) is 5.67. The Morgan fingerprint density at radius 3 is 2.89 bits per heavy atom. The molecule has 0 saturated carbocycles. The molecule has 0 aromatic heterocycles. The summed E-state index contributed by atoms with van der Waals surface area (Å²) >= 11 is 0. The predicted molar refractivity (Wildman–Crippen MR) is 77.7 cm³/mol. The van der Waals surface area contributed by atoms with Crippen LogP contribution in [-0.4, -0.2) is 25.9 Å². The van der Waals surface area contributed by atoms with E-state index in [9.17, 15) is 0 Å². The van der Waals surface area contributed by atoms with Crippen molar-refractivity contribution in [1.82, 2.24) is 0 Å². The van der Waals surface area contributed by atoms with E-state index in [0.717, 1.165) is 25.2 Å². The van der Waals surface area contributed by atoms with E-state index in [0.29, 0.717) is 13.2 Å². The van der Waals surface area contributed by atoms with E-state index in [2.05, 4.69) is 25.1 Å². The summed E-state index contributed by atoms with van der Waals surface area (Å²) in [7, 11) is 0. The molecule has 2 N–H and O–H groups in total. The average molecular weight is 263 g/mol. The lowest BCUT2D eigenvalue weighted by Gasteiger charge is -2.10. The van der Waals surface area contributed by atoms with E-state index in [-0.39, 0.29) is 6.04 Å². The molecule has 19 heavy (non-hydrogen) atoms. The molecule has 3 nitrogen and oxygen atoms in total. The van der Waals surface area contributed by atoms with Gasteiger partial charge in [0.05, 0.1) is 13.2 Å². The molecule has 1 unspecified atom stereocenters. The first kappa shape index (κ1) is 14.4. The predicted octanol–water partition coefficient (Wildman–Crippen LogP) is 2.70. The van der Waals surface area contributed by atoms with E-state index < -0.39 is 0 Å². The molecule has 0 bridgehead atoms. The van der Waals surface area contributed by atoms with Gasteiger partial charge in [0.15, 0.2) is 0 Å². The van der Waals surface area contributed by atoms with Crippen molar-refractivity contribution in [3.8, 4) is 5.75 Å². The Morgan fingerprint density at radius 2 is 2.05 bits per heavy atom. The largest absolute Gasteiger partial charge is 0.493 e. The smallest absolute Gasteiger partial charge is 0.119 e. The van der Waals surface area contributed by atoms with Crippen molar-refractivity contribution < 1.29 is 9.47 Å². The molecular formula is C16H25NO2. The summed E-state index contributed by atoms with van der Waals surface area (Å²) in [6.45, 7) is 4.15. The van der Waals surface area contributed by atoms with Crippen molar-refractivity contribution in [3.05, 3.63) is 29.3 Å². The van der Waals surface area contributed by atoms with Crippen LogP contribution in [0.15, 0.2) is 18.2 Å². The molecule has 0 spiro atoms. The molecule has 2 rings (SSSR count). The fraction of sp³-hybridized carbons (Fsp3) is 0.625. The van der Waals surface area contributed by atoms with Crippen LogP contribution in [0.2, 0.25) is 0 Å². The number of aryl methyl sites for hydroxylation is 2. The Labute approximate surface area is 116 Å². The van der Waals surface area contributed by atoms with Crippen molar-refractivity contribution in [2.24, 2.45) is 5.73 Å². The van der Waals surface area contributed by atoms with Gasteiger partial charge in [0.1, 0.15) is 5.75 Å². The molecule has 1 aliphatic rings. The fourth-order valence-electron chi connectivity index (χ4n) is 2.34. The Morgan fingerprint density at radius 1 is 1.21 bits per heavy atom. The number of nitrogens with two attached hydrogens (primary N) is 1. The summed E-state index contributed by atoms with van der Waals surface area (Å²) in [4.78, 5) is 0. The van der Waals surface area contributed by atoms with Crippen LogP contribution in [0.1, 0.15) is 37.3 Å². The second-order valence-corrected chi connectivity index (χ2v) is 5.23. The third-order valence-electron chi connectivity index (χ3n) is 3.63. The van der Waals surface area contributed by atoms with Crippen LogP contribution in [0, 0.1) is 0 Å². The Bertz CT molecular complexity index is 392. The third kappa shape index (κ3) is 4.51. The van der Waals surface area contributed by atoms with E-state index in [4.69, 9.17) is 15.2 Å². The molecular weight excluding hydrogens is 238 g/mol. The highest BCUT2D eigenvalue weighted by atomic mass is 16.5. The fourth-order valence-corrected chi connectivity index (χ4v) is 2.34. The number of hydrogen-bond donors (Lipinski definition) is 1. The van der Waals surface area contributed by atoms with Crippen LogP contribution >= 0.6 is 0 Å². The summed E-state index contributed by atoms with van der Waals surface area (Å²) in [6, 6.07) is 6.64. The van der Waals surface area contributed by atoms with Crippen molar-refractivity contribution >= 4 is 0 Å². The van der Waals surface area contributed by atoms with Gasteiger partial charge in [-0.05, 0) is 48.9 Å². The average Bonchev–Trinajstić information content (AvgIpc) is 2.89. The zero-order valence-corrected chi connectivity index (χ0v) is 11.9. The molecule has 1 aromatic carbocycles. The molecule has 0 fully saturated rings. The second-order valence-electron chi connectivity index (χ2n) is 5.23. The van der Waals surface area contributed by atoms with Gasteiger partial charge in [0.2, 0.25) is 0 Å². The van der Waals surface area contributed by atoms with Gasteiger partial charge in [-0.15, -0.1) is 0 Å². The highest BCUT2D eigenvalue weighted by molar-refractivity contribution is 5.38. The van der Waals surface area contributed by atoms with Crippen LogP contribution in [0.3, 0.4) is 0 Å². The normalized spacial score (nSPS) is 15.3. The molecule has 0 saturated heterocycles. The number of fused-ring (bicyclic) bond motifs is 1. The minimum absolute atomic E-state index is 0.164. The molecule has 0 aliphatic heterocycles. The van der Waals surface area contributed by atoms with Crippen LogP contribution in [-0.2, 0) is 17.6 Å². The van der Waals surface area contributed by atoms with Crippen LogP contribution < -0.4 is 10.5 Å². The summed E-state index contributed by atoms with van der Waals surface area (Å²) in [5.41, 5.74) is 8.73. The number of ether oxygens (including phenoxy) is 2. The number of rotatable bonds is 8. The van der Waals surface area contributed by atoms with E-state index in [1.54, 1.807) is 0 Å². The monoisotopic (exact) mass is 263 g/mol. The van der Waals surface area contributed by atoms with Crippen LogP contribution in [0.5, 0.6) is 5.75 Å². The van der Waals surface area contributed by atoms with Crippen molar-refractivity contribution in [1.29, 1.82) is 0 Å². The maximum absolute atomic E-state index is 5.77. The SMILES string of the molecule is CCC(N)COCCCOc1ccc2c(c1)CCC2. The molecule has 106 valence electrons. The van der Waals surface area contributed by atoms with Gasteiger partial charge < -0.3 is 15.2 Å². The lowest BCUT2D eigenvalue weighted by molar-refractivity contribution is 0.107. The molecule has 3 heteroatoms. The minimum Gasteiger partial charge on any atom is -0.493 e. The first-order valence-electron chi connectivity index (χ1n) is 7.37. The first-order chi connectivity index (χ1) is 9.29. The van der Waals surface area contributed by atoms with Crippen molar-refractivity contribution in [2.75, 3.05) is 19.8 Å².